The van der Waals surface area contributed by atoms with Crippen molar-refractivity contribution >= 4 is 27.6 Å². The third-order valence-electron chi connectivity index (χ3n) is 9.45. The monoisotopic (exact) mass is 921 g/mol. The summed E-state index contributed by atoms with van der Waals surface area (Å²) in [5.74, 6) is -1.14. The lowest BCUT2D eigenvalue weighted by Gasteiger charge is -2.20. The van der Waals surface area contributed by atoms with Gasteiger partial charge in [-0.3, -0.25) is 23.2 Å². The van der Waals surface area contributed by atoms with Gasteiger partial charge in [0.2, 0.25) is 0 Å². The van der Waals surface area contributed by atoms with Gasteiger partial charge in [-0.25, -0.2) is 9.13 Å². The normalized spacial score (nSPS) is 15.0. The molecule has 0 radical (unpaired) electrons. The molecule has 0 spiro atoms. The Morgan fingerprint density at radius 1 is 0.532 bits per heavy atom. The molecular formula is C46H82O14P2. The number of carbonyl (C=O) groups is 2. The molecule has 0 aliphatic rings. The molecule has 0 aliphatic heterocycles. The van der Waals surface area contributed by atoms with Crippen molar-refractivity contribution in [2.75, 3.05) is 26.4 Å². The zero-order valence-electron chi connectivity index (χ0n) is 37.8. The molecule has 14 nitrogen and oxygen atoms in total. The fourth-order valence-corrected chi connectivity index (χ4v) is 7.05. The average molecular weight is 921 g/mol. The number of aliphatic hydroxyl groups is 2. The highest BCUT2D eigenvalue weighted by Crippen LogP contribution is 2.43. The molecule has 5 N–H and O–H groups in total. The molecule has 360 valence electrons. The Balaban J connectivity index is 4.64. The molecule has 0 aromatic carbocycles. The van der Waals surface area contributed by atoms with Crippen LogP contribution in [0.5, 0.6) is 0 Å². The second-order valence-electron chi connectivity index (χ2n) is 15.5. The van der Waals surface area contributed by atoms with Crippen molar-refractivity contribution in [3.8, 4) is 0 Å². The van der Waals surface area contributed by atoms with E-state index in [0.29, 0.717) is 32.1 Å². The predicted octanol–water partition coefficient (Wildman–Crippen LogP) is 11.0. The maximum atomic E-state index is 12.7. The van der Waals surface area contributed by atoms with Crippen LogP contribution in [-0.4, -0.2) is 81.6 Å². The number of phosphoric acid groups is 2. The van der Waals surface area contributed by atoms with E-state index in [4.69, 9.17) is 23.8 Å². The molecule has 0 aromatic heterocycles. The van der Waals surface area contributed by atoms with Crippen LogP contribution in [0, 0.1) is 0 Å². The molecule has 0 bridgehead atoms. The lowest BCUT2D eigenvalue weighted by atomic mass is 10.1. The van der Waals surface area contributed by atoms with Gasteiger partial charge in [0.1, 0.15) is 12.7 Å². The van der Waals surface area contributed by atoms with Crippen LogP contribution in [0.3, 0.4) is 0 Å². The zero-order valence-corrected chi connectivity index (χ0v) is 39.6. The smallest absolute Gasteiger partial charge is 0.462 e. The largest absolute Gasteiger partial charge is 0.472 e. The van der Waals surface area contributed by atoms with Crippen LogP contribution >= 0.6 is 15.6 Å². The Morgan fingerprint density at radius 3 is 1.68 bits per heavy atom. The summed E-state index contributed by atoms with van der Waals surface area (Å²) in [6.07, 6.45) is 41.0. The Bertz CT molecular complexity index is 1340. The SMILES string of the molecule is CCCCC/C=C\C[C@@H](O)/C=C/C=C\C/C=C\CCCC(=O)OC[C@H](COP(=O)(O)OC[C@@H](O)COP(=O)(O)O)OC(=O)CCCCCCCCC/C=C\CCCCCCCC. The number of allylic oxidation sites excluding steroid dienone is 8. The Labute approximate surface area is 373 Å². The first-order valence-electron chi connectivity index (χ1n) is 23.1. The molecule has 0 rings (SSSR count). The number of aliphatic hydroxyl groups excluding tert-OH is 2. The molecule has 0 aromatic rings. The number of hydrogen-bond acceptors (Lipinski definition) is 11. The zero-order chi connectivity index (χ0) is 46.0. The molecule has 0 saturated carbocycles. The van der Waals surface area contributed by atoms with Gasteiger partial charge < -0.3 is 34.4 Å². The maximum absolute atomic E-state index is 12.7. The Morgan fingerprint density at radius 2 is 1.03 bits per heavy atom. The first-order chi connectivity index (χ1) is 29.8. The van der Waals surface area contributed by atoms with Crippen molar-refractivity contribution < 1.29 is 66.7 Å². The summed E-state index contributed by atoms with van der Waals surface area (Å²) in [5.41, 5.74) is 0. The third kappa shape index (κ3) is 44.4. The fourth-order valence-electron chi connectivity index (χ4n) is 5.89. The maximum Gasteiger partial charge on any atom is 0.472 e. The quantitative estimate of drug-likeness (QED) is 0.0126. The van der Waals surface area contributed by atoms with Gasteiger partial charge in [0.05, 0.1) is 25.9 Å². The van der Waals surface area contributed by atoms with Crippen LogP contribution in [-0.2, 0) is 41.8 Å². The molecule has 0 saturated heterocycles. The second kappa shape index (κ2) is 41.5. The standard InChI is InChI=1S/C46H82O14P2/c1-3-5-7-9-11-12-13-14-15-16-17-18-19-20-25-29-33-37-46(50)60-44(41-59-62(54,55)58-39-43(48)38-57-61(51,52)53)40-56-45(49)36-32-28-24-22-21-23-27-31-35-42(47)34-30-26-10-8-6-4-2/h14-15,22-24,26-27,30-31,35,42-44,47-48H,3-13,16-21,25,28-29,32-34,36-41H2,1-2H3,(H,54,55)(H2,51,52,53)/b15-14-,24-22-,27-23-,30-26-,35-31+/t42-,43+,44-/m1/s1. The highest BCUT2D eigenvalue weighted by molar-refractivity contribution is 7.47. The summed E-state index contributed by atoms with van der Waals surface area (Å²) >= 11 is 0. The second-order valence-corrected chi connectivity index (χ2v) is 18.2. The van der Waals surface area contributed by atoms with E-state index < -0.39 is 72.3 Å². The van der Waals surface area contributed by atoms with Crippen LogP contribution in [0.25, 0.3) is 0 Å². The molecule has 62 heavy (non-hydrogen) atoms. The lowest BCUT2D eigenvalue weighted by molar-refractivity contribution is -0.161. The van der Waals surface area contributed by atoms with E-state index in [1.54, 1.807) is 6.08 Å². The number of ether oxygens (including phenoxy) is 2. The van der Waals surface area contributed by atoms with Crippen molar-refractivity contribution in [2.24, 2.45) is 0 Å². The molecule has 0 amide bonds. The summed E-state index contributed by atoms with van der Waals surface area (Å²) in [5, 5.41) is 19.8. The van der Waals surface area contributed by atoms with Crippen molar-refractivity contribution in [3.05, 3.63) is 60.8 Å². The number of phosphoric ester groups is 2. The average Bonchev–Trinajstić information content (AvgIpc) is 3.23. The summed E-state index contributed by atoms with van der Waals surface area (Å²) in [6, 6.07) is 0. The van der Waals surface area contributed by atoms with Gasteiger partial charge >= 0.3 is 27.6 Å². The minimum atomic E-state index is -4.88. The van der Waals surface area contributed by atoms with E-state index in [1.165, 1.54) is 77.0 Å². The van der Waals surface area contributed by atoms with Crippen molar-refractivity contribution in [2.45, 2.75) is 193 Å². The number of hydrogen-bond donors (Lipinski definition) is 5. The predicted molar refractivity (Wildman–Crippen MR) is 245 cm³/mol. The first kappa shape index (κ1) is 59.8. The van der Waals surface area contributed by atoms with E-state index in [9.17, 15) is 33.8 Å². The summed E-state index contributed by atoms with van der Waals surface area (Å²) in [6.45, 7) is 1.58. The topological polar surface area (TPSA) is 216 Å². The molecule has 1 unspecified atom stereocenters. The van der Waals surface area contributed by atoms with Crippen molar-refractivity contribution in [3.63, 3.8) is 0 Å². The van der Waals surface area contributed by atoms with Crippen LogP contribution in [0.2, 0.25) is 0 Å². The number of unbranched alkanes of at least 4 members (excludes halogenated alkanes) is 17. The number of esters is 2. The number of carbonyl (C=O) groups excluding carboxylic acids is 2. The van der Waals surface area contributed by atoms with Crippen molar-refractivity contribution in [1.82, 2.24) is 0 Å². The van der Waals surface area contributed by atoms with Gasteiger partial charge in [-0.05, 0) is 70.6 Å². The van der Waals surface area contributed by atoms with Crippen molar-refractivity contribution in [1.29, 1.82) is 0 Å². The Kier molecular flexibility index (Phi) is 40.0. The van der Waals surface area contributed by atoms with E-state index in [-0.39, 0.29) is 12.8 Å². The van der Waals surface area contributed by atoms with E-state index in [0.717, 1.165) is 38.5 Å². The van der Waals surface area contributed by atoms with Crippen LogP contribution in [0.15, 0.2) is 60.8 Å². The first-order valence-corrected chi connectivity index (χ1v) is 26.1. The van der Waals surface area contributed by atoms with Crippen LogP contribution < -0.4 is 0 Å². The number of rotatable bonds is 43. The van der Waals surface area contributed by atoms with Crippen LogP contribution in [0.4, 0.5) is 0 Å². The van der Waals surface area contributed by atoms with Gasteiger partial charge in [-0.1, -0.05) is 152 Å². The van der Waals surface area contributed by atoms with E-state index >= 15 is 0 Å². The highest BCUT2D eigenvalue weighted by Gasteiger charge is 2.28. The molecule has 16 heteroatoms. The highest BCUT2D eigenvalue weighted by atomic mass is 31.2. The van der Waals surface area contributed by atoms with Gasteiger partial charge in [0, 0.05) is 12.8 Å². The van der Waals surface area contributed by atoms with Gasteiger partial charge in [0.15, 0.2) is 6.10 Å². The third-order valence-corrected chi connectivity index (χ3v) is 10.9. The molecule has 0 heterocycles. The summed E-state index contributed by atoms with van der Waals surface area (Å²) < 4.78 is 47.7. The fraction of sp³-hybridized carbons (Fsp3) is 0.739. The van der Waals surface area contributed by atoms with E-state index in [2.05, 4.69) is 41.1 Å². The molecular weight excluding hydrogens is 838 g/mol. The summed E-state index contributed by atoms with van der Waals surface area (Å²) in [4.78, 5) is 52.7. The summed E-state index contributed by atoms with van der Waals surface area (Å²) in [7, 11) is -9.71. The molecule has 0 fully saturated rings. The Hall–Kier alpha value is -2.22. The van der Waals surface area contributed by atoms with Gasteiger partial charge in [-0.2, -0.15) is 0 Å². The minimum Gasteiger partial charge on any atom is -0.462 e. The van der Waals surface area contributed by atoms with Crippen LogP contribution in [0.1, 0.15) is 174 Å². The molecule has 0 aliphatic carbocycles. The van der Waals surface area contributed by atoms with E-state index in [1.807, 2.05) is 36.5 Å². The minimum absolute atomic E-state index is 0.0848. The lowest BCUT2D eigenvalue weighted by Crippen LogP contribution is -2.30. The molecule has 4 atom stereocenters. The van der Waals surface area contributed by atoms with Gasteiger partial charge in [0.25, 0.3) is 0 Å². The van der Waals surface area contributed by atoms with Gasteiger partial charge in [-0.15, -0.1) is 0 Å².